The molecule has 0 aliphatic rings. The van der Waals surface area contributed by atoms with Crippen LogP contribution < -0.4 is 4.74 Å². The van der Waals surface area contributed by atoms with Crippen LogP contribution in [0.15, 0.2) is 48.7 Å². The summed E-state index contributed by atoms with van der Waals surface area (Å²) in [5.41, 5.74) is 1.03. The molecule has 0 amide bonds. The third-order valence-corrected chi connectivity index (χ3v) is 3.26. The molecule has 1 N–H and O–H groups in total. The lowest BCUT2D eigenvalue weighted by Crippen LogP contribution is -2.02. The molecule has 0 aliphatic carbocycles. The minimum Gasteiger partial charge on any atom is -0.507 e. The predicted octanol–water partition coefficient (Wildman–Crippen LogP) is 3.53. The summed E-state index contributed by atoms with van der Waals surface area (Å²) < 4.78 is 33.3. The molecule has 3 aromatic rings. The van der Waals surface area contributed by atoms with Crippen LogP contribution in [0.4, 0.5) is 8.78 Å². The zero-order valence-electron chi connectivity index (χ0n) is 11.6. The first-order valence-electron chi connectivity index (χ1n) is 6.47. The highest BCUT2D eigenvalue weighted by Gasteiger charge is 2.15. The molecule has 1 aromatic heterocycles. The minimum absolute atomic E-state index is 0.0244. The van der Waals surface area contributed by atoms with Gasteiger partial charge in [0.2, 0.25) is 0 Å². The number of halogens is 2. The zero-order chi connectivity index (χ0) is 15.7. The molecular formula is C16H12F2N2O2. The third kappa shape index (κ3) is 2.39. The Hall–Kier alpha value is -2.89. The average Bonchev–Trinajstić information content (AvgIpc) is 2.96. The van der Waals surface area contributed by atoms with Gasteiger partial charge < -0.3 is 9.84 Å². The molecule has 4 nitrogen and oxygen atoms in total. The van der Waals surface area contributed by atoms with Crippen molar-refractivity contribution >= 4 is 0 Å². The number of rotatable bonds is 3. The number of nitrogens with zero attached hydrogens (tertiary/aromatic N) is 2. The Bertz CT molecular complexity index is 831. The molecule has 0 saturated carbocycles. The normalized spacial score (nSPS) is 10.7. The predicted molar refractivity (Wildman–Crippen MR) is 77.1 cm³/mol. The number of aromatic nitrogens is 2. The molecule has 1 heterocycles. The van der Waals surface area contributed by atoms with Gasteiger partial charge in [0, 0.05) is 17.7 Å². The first-order chi connectivity index (χ1) is 10.6. The molecule has 3 rings (SSSR count). The summed E-state index contributed by atoms with van der Waals surface area (Å²) in [6, 6.07) is 9.63. The maximum Gasteiger partial charge on any atom is 0.151 e. The van der Waals surface area contributed by atoms with Gasteiger partial charge in [-0.2, -0.15) is 5.10 Å². The van der Waals surface area contributed by atoms with Crippen LogP contribution in [-0.2, 0) is 0 Å². The van der Waals surface area contributed by atoms with E-state index in [9.17, 15) is 13.9 Å². The van der Waals surface area contributed by atoms with Gasteiger partial charge in [-0.1, -0.05) is 0 Å². The van der Waals surface area contributed by atoms with Crippen molar-refractivity contribution in [1.82, 2.24) is 9.78 Å². The Balaban J connectivity index is 2.13. The summed E-state index contributed by atoms with van der Waals surface area (Å²) in [6.07, 6.45) is 1.47. The maximum atomic E-state index is 13.9. The van der Waals surface area contributed by atoms with Crippen molar-refractivity contribution < 1.29 is 18.6 Å². The van der Waals surface area contributed by atoms with E-state index in [1.54, 1.807) is 18.2 Å². The number of aromatic hydroxyl groups is 1. The molecule has 0 unspecified atom stereocenters. The first kappa shape index (κ1) is 14.1. The van der Waals surface area contributed by atoms with Crippen molar-refractivity contribution in [1.29, 1.82) is 0 Å². The highest BCUT2D eigenvalue weighted by atomic mass is 19.1. The Labute approximate surface area is 125 Å². The lowest BCUT2D eigenvalue weighted by atomic mass is 10.1. The van der Waals surface area contributed by atoms with E-state index in [1.807, 2.05) is 0 Å². The van der Waals surface area contributed by atoms with Crippen molar-refractivity contribution in [3.63, 3.8) is 0 Å². The second kappa shape index (κ2) is 5.48. The molecule has 2 aromatic carbocycles. The Morgan fingerprint density at radius 1 is 1.09 bits per heavy atom. The smallest absolute Gasteiger partial charge is 0.151 e. The van der Waals surface area contributed by atoms with Gasteiger partial charge in [0.05, 0.1) is 19.0 Å². The molecular weight excluding hydrogens is 290 g/mol. The fourth-order valence-corrected chi connectivity index (χ4v) is 2.21. The van der Waals surface area contributed by atoms with Gasteiger partial charge in [-0.25, -0.2) is 13.5 Å². The molecule has 0 saturated heterocycles. The van der Waals surface area contributed by atoms with E-state index in [4.69, 9.17) is 4.74 Å². The summed E-state index contributed by atoms with van der Waals surface area (Å²) in [5, 5.41) is 14.2. The van der Waals surface area contributed by atoms with Crippen LogP contribution in [0.1, 0.15) is 0 Å². The number of methoxy groups -OCH3 is 1. The summed E-state index contributed by atoms with van der Waals surface area (Å²) in [7, 11) is 1.49. The largest absolute Gasteiger partial charge is 0.507 e. The number of phenols is 1. The van der Waals surface area contributed by atoms with Gasteiger partial charge in [-0.3, -0.25) is 0 Å². The van der Waals surface area contributed by atoms with Crippen molar-refractivity contribution in [2.75, 3.05) is 7.11 Å². The van der Waals surface area contributed by atoms with Gasteiger partial charge in [-0.15, -0.1) is 0 Å². The highest BCUT2D eigenvalue weighted by molar-refractivity contribution is 5.69. The molecule has 0 atom stereocenters. The Kier molecular flexibility index (Phi) is 3.50. The van der Waals surface area contributed by atoms with E-state index < -0.39 is 11.6 Å². The average molecular weight is 302 g/mol. The van der Waals surface area contributed by atoms with Crippen LogP contribution in [0.2, 0.25) is 0 Å². The highest BCUT2D eigenvalue weighted by Crippen LogP contribution is 2.33. The molecule has 0 spiro atoms. The van der Waals surface area contributed by atoms with Gasteiger partial charge in [0.15, 0.2) is 5.82 Å². The lowest BCUT2D eigenvalue weighted by molar-refractivity contribution is 0.408. The quantitative estimate of drug-likeness (QED) is 0.805. The number of hydrogen-bond donors (Lipinski definition) is 1. The van der Waals surface area contributed by atoms with E-state index in [0.29, 0.717) is 17.0 Å². The van der Waals surface area contributed by atoms with Crippen molar-refractivity contribution in [3.05, 3.63) is 60.3 Å². The van der Waals surface area contributed by atoms with Crippen molar-refractivity contribution in [2.24, 2.45) is 0 Å². The molecule has 0 radical (unpaired) electrons. The van der Waals surface area contributed by atoms with E-state index in [0.717, 1.165) is 12.1 Å². The van der Waals surface area contributed by atoms with Gasteiger partial charge >= 0.3 is 0 Å². The van der Waals surface area contributed by atoms with Gasteiger partial charge in [0.1, 0.15) is 23.0 Å². The molecule has 6 heteroatoms. The standard InChI is InChI=1S/C16H12F2N2O2/c1-22-11-3-4-12(16(21)9-11)14-6-7-19-20(14)15-5-2-10(17)8-13(15)18/h2-9,21H,1H3. The third-order valence-electron chi connectivity index (χ3n) is 3.26. The summed E-state index contributed by atoms with van der Waals surface area (Å²) in [5.74, 6) is -0.927. The molecule has 22 heavy (non-hydrogen) atoms. The van der Waals surface area contributed by atoms with E-state index in [2.05, 4.69) is 5.10 Å². The topological polar surface area (TPSA) is 47.3 Å². The summed E-state index contributed by atoms with van der Waals surface area (Å²) in [4.78, 5) is 0. The fraction of sp³-hybridized carbons (Fsp3) is 0.0625. The number of ether oxygens (including phenoxy) is 1. The van der Waals surface area contributed by atoms with Crippen LogP contribution in [0.3, 0.4) is 0 Å². The van der Waals surface area contributed by atoms with Crippen LogP contribution in [-0.4, -0.2) is 22.0 Å². The minimum atomic E-state index is -0.738. The fourth-order valence-electron chi connectivity index (χ4n) is 2.21. The Morgan fingerprint density at radius 3 is 2.59 bits per heavy atom. The number of hydrogen-bond acceptors (Lipinski definition) is 3. The first-order valence-corrected chi connectivity index (χ1v) is 6.47. The van der Waals surface area contributed by atoms with E-state index >= 15 is 0 Å². The van der Waals surface area contributed by atoms with Crippen LogP contribution in [0.25, 0.3) is 16.9 Å². The van der Waals surface area contributed by atoms with E-state index in [1.165, 1.54) is 30.1 Å². The molecule has 0 bridgehead atoms. The van der Waals surface area contributed by atoms with Gasteiger partial charge in [-0.05, 0) is 30.3 Å². The zero-order valence-corrected chi connectivity index (χ0v) is 11.6. The molecule has 0 fully saturated rings. The van der Waals surface area contributed by atoms with Gasteiger partial charge in [0.25, 0.3) is 0 Å². The van der Waals surface area contributed by atoms with Crippen LogP contribution >= 0.6 is 0 Å². The monoisotopic (exact) mass is 302 g/mol. The van der Waals surface area contributed by atoms with Crippen LogP contribution in [0.5, 0.6) is 11.5 Å². The van der Waals surface area contributed by atoms with Crippen LogP contribution in [0, 0.1) is 11.6 Å². The summed E-state index contributed by atoms with van der Waals surface area (Å²) in [6.45, 7) is 0. The Morgan fingerprint density at radius 2 is 1.91 bits per heavy atom. The molecule has 112 valence electrons. The van der Waals surface area contributed by atoms with E-state index in [-0.39, 0.29) is 11.4 Å². The summed E-state index contributed by atoms with van der Waals surface area (Å²) >= 11 is 0. The maximum absolute atomic E-state index is 13.9. The number of phenolic OH excluding ortho intramolecular Hbond substituents is 1. The SMILES string of the molecule is COc1ccc(-c2ccnn2-c2ccc(F)cc2F)c(O)c1. The number of benzene rings is 2. The second-order valence-electron chi connectivity index (χ2n) is 4.61. The second-order valence-corrected chi connectivity index (χ2v) is 4.61. The van der Waals surface area contributed by atoms with Crippen molar-refractivity contribution in [3.8, 4) is 28.4 Å². The molecule has 0 aliphatic heterocycles. The lowest BCUT2D eigenvalue weighted by Gasteiger charge is -2.11. The van der Waals surface area contributed by atoms with Crippen molar-refractivity contribution in [2.45, 2.75) is 0 Å².